The predicted molar refractivity (Wildman–Crippen MR) is 121 cm³/mol. The molecule has 0 amide bonds. The maximum Gasteiger partial charge on any atom is 0.240 e. The summed E-state index contributed by atoms with van der Waals surface area (Å²) in [5.74, 6) is 0.185. The highest BCUT2D eigenvalue weighted by atomic mass is 35.5. The molecule has 3 aromatic rings. The average Bonchev–Trinajstić information content (AvgIpc) is 3.29. The number of aliphatic hydroxyl groups is 3. The molecule has 34 heavy (non-hydrogen) atoms. The summed E-state index contributed by atoms with van der Waals surface area (Å²) in [5.41, 5.74) is 0.342. The Kier molecular flexibility index (Phi) is 9.16. The molecule has 0 unspecified atom stereocenters. The summed E-state index contributed by atoms with van der Waals surface area (Å²) in [4.78, 5) is 12.5. The molecule has 6 N–H and O–H groups in total. The van der Waals surface area contributed by atoms with Crippen molar-refractivity contribution in [3.8, 4) is 11.8 Å². The van der Waals surface area contributed by atoms with E-state index < -0.39 is 37.8 Å². The average molecular weight is 498 g/mol. The number of pyridine rings is 1. The minimum Gasteiger partial charge on any atom is -0.477 e. The van der Waals surface area contributed by atoms with Gasteiger partial charge < -0.3 is 35.4 Å². The Morgan fingerprint density at radius 2 is 1.97 bits per heavy atom. The number of aromatic nitrogens is 5. The van der Waals surface area contributed by atoms with E-state index in [4.69, 9.17) is 21.1 Å². The predicted octanol–water partition coefficient (Wildman–Crippen LogP) is 1.80. The van der Waals surface area contributed by atoms with E-state index in [1.54, 1.807) is 6.07 Å². The molecule has 0 saturated heterocycles. The van der Waals surface area contributed by atoms with Gasteiger partial charge in [0.25, 0.3) is 0 Å². The lowest BCUT2D eigenvalue weighted by Gasteiger charge is -2.19. The summed E-state index contributed by atoms with van der Waals surface area (Å²) in [7, 11) is 0. The molecule has 0 radical (unpaired) electrons. The summed E-state index contributed by atoms with van der Waals surface area (Å²) < 4.78 is 24.2. The van der Waals surface area contributed by atoms with Gasteiger partial charge >= 0.3 is 0 Å². The minimum absolute atomic E-state index is 0.0244. The fourth-order valence-electron chi connectivity index (χ4n) is 2.68. The van der Waals surface area contributed by atoms with E-state index >= 15 is 0 Å². The van der Waals surface area contributed by atoms with Gasteiger partial charge in [-0.2, -0.15) is 9.97 Å². The van der Waals surface area contributed by atoms with Crippen LogP contribution in [0.5, 0.6) is 11.8 Å². The van der Waals surface area contributed by atoms with Crippen LogP contribution in [0.1, 0.15) is 25.1 Å². The normalized spacial score (nSPS) is 12.0. The Balaban J connectivity index is 1.91. The van der Waals surface area contributed by atoms with Gasteiger partial charge in [0.05, 0.1) is 44.4 Å². The molecule has 0 aromatic carbocycles. The van der Waals surface area contributed by atoms with E-state index in [-0.39, 0.29) is 22.7 Å². The molecule has 12 nitrogen and oxygen atoms in total. The summed E-state index contributed by atoms with van der Waals surface area (Å²) >= 11 is 6.41. The van der Waals surface area contributed by atoms with Crippen molar-refractivity contribution >= 4 is 29.2 Å². The van der Waals surface area contributed by atoms with Gasteiger partial charge in [0.2, 0.25) is 17.7 Å². The number of aromatic amines is 1. The first kappa shape index (κ1) is 25.4. The van der Waals surface area contributed by atoms with Crippen molar-refractivity contribution in [3.63, 3.8) is 0 Å². The van der Waals surface area contributed by atoms with E-state index in [1.807, 2.05) is 6.92 Å². The van der Waals surface area contributed by atoms with Crippen LogP contribution >= 0.6 is 11.6 Å². The Morgan fingerprint density at radius 3 is 2.62 bits per heavy atom. The fourth-order valence-corrected chi connectivity index (χ4v) is 2.86. The first-order valence-corrected chi connectivity index (χ1v) is 10.7. The second-order valence-electron chi connectivity index (χ2n) is 6.99. The minimum atomic E-state index is -0.985. The number of nitrogens with one attached hydrogen (secondary N) is 3. The number of ether oxygens (including phenoxy) is 2. The van der Waals surface area contributed by atoms with Crippen molar-refractivity contribution < 1.29 is 29.2 Å². The zero-order chi connectivity index (χ0) is 24.5. The van der Waals surface area contributed by atoms with E-state index in [0.717, 1.165) is 12.6 Å². The zero-order valence-electron chi connectivity index (χ0n) is 18.2. The molecular weight excluding hydrogens is 473 g/mol. The van der Waals surface area contributed by atoms with Crippen LogP contribution in [-0.4, -0.2) is 73.0 Å². The number of rotatable bonds is 13. The molecule has 0 bridgehead atoms. The number of nitrogens with zero attached hydrogens (tertiary/aromatic N) is 4. The Morgan fingerprint density at radius 1 is 1.18 bits per heavy atom. The monoisotopic (exact) mass is 497 g/mol. The summed E-state index contributed by atoms with van der Waals surface area (Å²) in [6, 6.07) is 3.44. The van der Waals surface area contributed by atoms with Gasteiger partial charge in [-0.15, -0.1) is 5.10 Å². The van der Waals surface area contributed by atoms with Gasteiger partial charge in [0, 0.05) is 6.07 Å². The van der Waals surface area contributed by atoms with Crippen LogP contribution in [0.4, 0.5) is 22.0 Å². The lowest BCUT2D eigenvalue weighted by Crippen LogP contribution is -2.26. The lowest BCUT2D eigenvalue weighted by atomic mass is 10.2. The molecule has 3 heterocycles. The zero-order valence-corrected chi connectivity index (χ0v) is 19.0. The number of hydrogen-bond donors (Lipinski definition) is 6. The topological polar surface area (TPSA) is 171 Å². The lowest BCUT2D eigenvalue weighted by molar-refractivity contribution is 0.0598. The molecule has 1 atom stereocenters. The fraction of sp³-hybridized carbons (Fsp3) is 0.400. The number of aliphatic hydroxyl groups excluding tert-OH is 3. The second kappa shape index (κ2) is 12.3. The van der Waals surface area contributed by atoms with E-state index in [2.05, 4.69) is 35.8 Å². The van der Waals surface area contributed by atoms with Crippen LogP contribution in [0.2, 0.25) is 5.02 Å². The van der Waals surface area contributed by atoms with Gasteiger partial charge in [0.1, 0.15) is 22.8 Å². The number of hydrogen-bond acceptors (Lipinski definition) is 11. The highest BCUT2D eigenvalue weighted by Crippen LogP contribution is 2.33. The molecule has 184 valence electrons. The molecule has 3 aromatic heterocycles. The smallest absolute Gasteiger partial charge is 0.240 e. The van der Waals surface area contributed by atoms with E-state index in [9.17, 15) is 19.7 Å². The van der Waals surface area contributed by atoms with Crippen LogP contribution < -0.4 is 20.1 Å². The van der Waals surface area contributed by atoms with Gasteiger partial charge in [-0.3, -0.25) is 10.1 Å². The molecule has 3 rings (SSSR count). The van der Waals surface area contributed by atoms with Gasteiger partial charge in [-0.25, -0.2) is 4.39 Å². The van der Waals surface area contributed by atoms with Crippen molar-refractivity contribution in [1.82, 2.24) is 25.1 Å². The van der Waals surface area contributed by atoms with Crippen molar-refractivity contribution in [2.75, 3.05) is 37.1 Å². The third-order valence-corrected chi connectivity index (χ3v) is 4.70. The summed E-state index contributed by atoms with van der Waals surface area (Å²) in [6.07, 6.45) is 0.851. The Labute approximate surface area is 199 Å². The molecule has 0 saturated carbocycles. The van der Waals surface area contributed by atoms with Crippen LogP contribution in [0.3, 0.4) is 0 Å². The number of H-pyrrole nitrogens is 1. The highest BCUT2D eigenvalue weighted by molar-refractivity contribution is 6.34. The van der Waals surface area contributed by atoms with Gasteiger partial charge in [-0.05, 0) is 18.6 Å². The molecule has 0 spiro atoms. The van der Waals surface area contributed by atoms with E-state index in [0.29, 0.717) is 24.0 Å². The first-order chi connectivity index (χ1) is 16.5. The SMILES string of the molecule is CCCOc1cc(Nc2nc(N[C@@H](CO)c3ccc(F)cn3)nc(OC(CO)CO)c2Cl)[nH]n1. The molecular formula is C20H25ClFN7O5. The van der Waals surface area contributed by atoms with Crippen LogP contribution in [0.15, 0.2) is 24.4 Å². The van der Waals surface area contributed by atoms with Crippen molar-refractivity contribution in [1.29, 1.82) is 0 Å². The number of halogens is 2. The molecule has 0 fully saturated rings. The van der Waals surface area contributed by atoms with Crippen LogP contribution in [0, 0.1) is 5.82 Å². The van der Waals surface area contributed by atoms with E-state index in [1.165, 1.54) is 12.1 Å². The van der Waals surface area contributed by atoms with Gasteiger partial charge in [0.15, 0.2) is 5.82 Å². The van der Waals surface area contributed by atoms with Crippen molar-refractivity contribution in [3.05, 3.63) is 40.9 Å². The van der Waals surface area contributed by atoms with Crippen molar-refractivity contribution in [2.24, 2.45) is 0 Å². The quantitative estimate of drug-likeness (QED) is 0.203. The third kappa shape index (κ3) is 6.63. The first-order valence-electron chi connectivity index (χ1n) is 10.4. The van der Waals surface area contributed by atoms with Crippen LogP contribution in [-0.2, 0) is 0 Å². The molecule has 0 aliphatic rings. The maximum absolute atomic E-state index is 13.2. The number of anilines is 3. The maximum atomic E-state index is 13.2. The molecule has 0 aliphatic carbocycles. The van der Waals surface area contributed by atoms with Crippen molar-refractivity contribution in [2.45, 2.75) is 25.5 Å². The Hall–Kier alpha value is -3.26. The second-order valence-corrected chi connectivity index (χ2v) is 7.37. The Bertz CT molecular complexity index is 1050. The third-order valence-electron chi connectivity index (χ3n) is 4.36. The van der Waals surface area contributed by atoms with Crippen LogP contribution in [0.25, 0.3) is 0 Å². The molecule has 0 aliphatic heterocycles. The summed E-state index contributed by atoms with van der Waals surface area (Å²) in [6.45, 7) is 1.09. The van der Waals surface area contributed by atoms with Gasteiger partial charge in [-0.1, -0.05) is 18.5 Å². The largest absolute Gasteiger partial charge is 0.477 e. The standard InChI is InChI=1S/C20H25ClFN7O5/c1-2-5-33-16-6-15(28-29-16)25-18-17(21)19(34-12(8-30)9-31)27-20(26-18)24-14(10-32)13-4-3-11(22)7-23-13/h3-4,6-7,12,14,30-32H,2,5,8-10H2,1H3,(H3,24,25,26,27,28,29)/t14-/m0/s1. The highest BCUT2D eigenvalue weighted by Gasteiger charge is 2.21. The summed E-state index contributed by atoms with van der Waals surface area (Å²) in [5, 5.41) is 41.1. The molecule has 14 heteroatoms.